The molecule has 2 heterocycles. The third-order valence-electron chi connectivity index (χ3n) is 5.23. The zero-order chi connectivity index (χ0) is 23.4. The van der Waals surface area contributed by atoms with Gasteiger partial charge in [-0.25, -0.2) is 0 Å². The van der Waals surface area contributed by atoms with Crippen molar-refractivity contribution in [1.29, 1.82) is 0 Å². The first kappa shape index (κ1) is 21.8. The lowest BCUT2D eigenvalue weighted by Crippen LogP contribution is -2.44. The van der Waals surface area contributed by atoms with Crippen molar-refractivity contribution in [3.63, 3.8) is 0 Å². The van der Waals surface area contributed by atoms with Crippen molar-refractivity contribution in [2.24, 2.45) is 7.05 Å². The zero-order valence-corrected chi connectivity index (χ0v) is 18.5. The van der Waals surface area contributed by atoms with Crippen LogP contribution in [-0.4, -0.2) is 38.4 Å². The number of para-hydroxylation sites is 1. The van der Waals surface area contributed by atoms with Crippen LogP contribution in [0.5, 0.6) is 5.75 Å². The van der Waals surface area contributed by atoms with E-state index in [4.69, 9.17) is 4.74 Å². The lowest BCUT2D eigenvalue weighted by molar-refractivity contribution is -0.123. The number of aromatic amines is 1. The first-order valence-corrected chi connectivity index (χ1v) is 10.4. The Morgan fingerprint density at radius 3 is 2.48 bits per heavy atom. The van der Waals surface area contributed by atoms with Crippen molar-refractivity contribution in [1.82, 2.24) is 30.8 Å². The molecule has 9 nitrogen and oxygen atoms in total. The number of carbonyl (C=O) groups is 2. The molecular weight excluding hydrogens is 420 g/mol. The van der Waals surface area contributed by atoms with Crippen molar-refractivity contribution in [3.05, 3.63) is 77.7 Å². The number of benzene rings is 2. The van der Waals surface area contributed by atoms with Gasteiger partial charge in [0.1, 0.15) is 11.4 Å². The van der Waals surface area contributed by atoms with E-state index in [2.05, 4.69) is 26.1 Å². The van der Waals surface area contributed by atoms with Crippen molar-refractivity contribution in [2.45, 2.75) is 13.8 Å². The quantitative estimate of drug-likeness (QED) is 0.396. The summed E-state index contributed by atoms with van der Waals surface area (Å²) in [4.78, 5) is 24.7. The smallest absolute Gasteiger partial charge is 0.287 e. The number of nitrogens with one attached hydrogen (secondary N) is 3. The Morgan fingerprint density at radius 2 is 1.76 bits per heavy atom. The Bertz CT molecular complexity index is 1290. The molecule has 4 aromatic rings. The Balaban J connectivity index is 1.34. The van der Waals surface area contributed by atoms with Crippen molar-refractivity contribution >= 4 is 11.8 Å². The molecule has 2 aromatic carbocycles. The first-order chi connectivity index (χ1) is 15.9. The number of H-pyrrole nitrogens is 1. The predicted molar refractivity (Wildman–Crippen MR) is 123 cm³/mol. The van der Waals surface area contributed by atoms with E-state index in [0.717, 1.165) is 28.1 Å². The van der Waals surface area contributed by atoms with Gasteiger partial charge in [0.15, 0.2) is 6.61 Å². The number of carbonyl (C=O) groups excluding carboxylic acids is 2. The van der Waals surface area contributed by atoms with Gasteiger partial charge in [0.05, 0.1) is 11.4 Å². The van der Waals surface area contributed by atoms with Crippen LogP contribution in [0, 0.1) is 13.8 Å². The summed E-state index contributed by atoms with van der Waals surface area (Å²) in [6.45, 7) is 3.55. The maximum Gasteiger partial charge on any atom is 0.287 e. The van der Waals surface area contributed by atoms with Crippen LogP contribution in [0.2, 0.25) is 0 Å². The largest absolute Gasteiger partial charge is 0.483 e. The topological polar surface area (TPSA) is 114 Å². The van der Waals surface area contributed by atoms with E-state index in [1.807, 2.05) is 69.4 Å². The number of aryl methyl sites for hydroxylation is 2. The monoisotopic (exact) mass is 444 g/mol. The number of hydrazine groups is 1. The van der Waals surface area contributed by atoms with Crippen LogP contribution < -0.4 is 15.6 Å². The molecule has 0 aliphatic heterocycles. The molecule has 0 radical (unpaired) electrons. The van der Waals surface area contributed by atoms with Crippen LogP contribution >= 0.6 is 0 Å². The molecule has 0 spiro atoms. The molecule has 0 saturated heterocycles. The van der Waals surface area contributed by atoms with Gasteiger partial charge in [-0.3, -0.25) is 30.2 Å². The molecule has 2 aromatic heterocycles. The van der Waals surface area contributed by atoms with Crippen molar-refractivity contribution in [3.8, 4) is 28.1 Å². The lowest BCUT2D eigenvalue weighted by Gasteiger charge is -2.12. The van der Waals surface area contributed by atoms with Crippen molar-refractivity contribution < 1.29 is 14.3 Å². The van der Waals surface area contributed by atoms with Gasteiger partial charge in [0.2, 0.25) is 0 Å². The van der Waals surface area contributed by atoms with Crippen LogP contribution in [0.25, 0.3) is 22.4 Å². The average molecular weight is 444 g/mol. The number of rotatable bonds is 6. The minimum atomic E-state index is -0.522. The first-order valence-electron chi connectivity index (χ1n) is 10.4. The van der Waals surface area contributed by atoms with E-state index in [9.17, 15) is 9.59 Å². The third-order valence-corrected chi connectivity index (χ3v) is 5.23. The van der Waals surface area contributed by atoms with Crippen LogP contribution in [-0.2, 0) is 11.8 Å². The minimum Gasteiger partial charge on any atom is -0.483 e. The van der Waals surface area contributed by atoms with Gasteiger partial charge >= 0.3 is 0 Å². The Kier molecular flexibility index (Phi) is 6.21. The zero-order valence-electron chi connectivity index (χ0n) is 18.5. The fourth-order valence-electron chi connectivity index (χ4n) is 3.53. The SMILES string of the molecule is Cc1nn(C)c(C)c1-c1cc(C(=O)NNC(=O)COc2ccccc2-c2ccccc2)[nH]n1. The van der Waals surface area contributed by atoms with Crippen LogP contribution in [0.3, 0.4) is 0 Å². The molecule has 0 bridgehead atoms. The van der Waals surface area contributed by atoms with Gasteiger partial charge in [0.25, 0.3) is 11.8 Å². The van der Waals surface area contributed by atoms with Crippen LogP contribution in [0.15, 0.2) is 60.7 Å². The highest BCUT2D eigenvalue weighted by Crippen LogP contribution is 2.29. The van der Waals surface area contributed by atoms with Crippen molar-refractivity contribution in [2.75, 3.05) is 6.61 Å². The van der Waals surface area contributed by atoms with Gasteiger partial charge in [-0.05, 0) is 31.5 Å². The Hall–Kier alpha value is -4.40. The normalized spacial score (nSPS) is 10.6. The molecule has 0 atom stereocenters. The van der Waals surface area contributed by atoms with E-state index in [1.54, 1.807) is 16.8 Å². The summed E-state index contributed by atoms with van der Waals surface area (Å²) in [5.74, 6) is -0.443. The second-order valence-electron chi connectivity index (χ2n) is 7.49. The maximum absolute atomic E-state index is 12.4. The van der Waals surface area contributed by atoms with Gasteiger partial charge in [-0.1, -0.05) is 48.5 Å². The molecular formula is C24H24N6O3. The predicted octanol–water partition coefficient (Wildman–Crippen LogP) is 2.93. The molecule has 0 aliphatic carbocycles. The molecule has 0 aliphatic rings. The minimum absolute atomic E-state index is 0.211. The fraction of sp³-hybridized carbons (Fsp3) is 0.167. The van der Waals surface area contributed by atoms with Gasteiger partial charge in [-0.2, -0.15) is 10.2 Å². The van der Waals surface area contributed by atoms with Crippen LogP contribution in [0.4, 0.5) is 0 Å². The number of hydrogen-bond donors (Lipinski definition) is 3. The summed E-state index contributed by atoms with van der Waals surface area (Å²) >= 11 is 0. The standard InChI is InChI=1S/C24H24N6O3/c1-15-23(16(2)30(3)29-15)19-13-20(26-25-19)24(32)28-27-22(31)14-33-21-12-8-7-11-18(21)17-9-5-4-6-10-17/h4-13H,14H2,1-3H3,(H,25,26)(H,27,31)(H,28,32). The molecule has 4 rings (SSSR count). The van der Waals surface area contributed by atoms with E-state index in [1.165, 1.54) is 0 Å². The average Bonchev–Trinajstić information content (AvgIpc) is 3.40. The third kappa shape index (κ3) is 4.77. The Morgan fingerprint density at radius 1 is 1.03 bits per heavy atom. The highest BCUT2D eigenvalue weighted by molar-refractivity contribution is 5.94. The van der Waals surface area contributed by atoms with Gasteiger partial charge in [0, 0.05) is 23.9 Å². The molecule has 0 saturated carbocycles. The molecule has 168 valence electrons. The summed E-state index contributed by atoms with van der Waals surface area (Å²) in [5.41, 5.74) is 10.0. The summed E-state index contributed by atoms with van der Waals surface area (Å²) in [5, 5.41) is 11.3. The lowest BCUT2D eigenvalue weighted by atomic mass is 10.1. The van der Waals surface area contributed by atoms with E-state index < -0.39 is 11.8 Å². The molecule has 3 N–H and O–H groups in total. The van der Waals surface area contributed by atoms with E-state index >= 15 is 0 Å². The molecule has 33 heavy (non-hydrogen) atoms. The molecule has 2 amide bonds. The fourth-order valence-corrected chi connectivity index (χ4v) is 3.53. The van der Waals surface area contributed by atoms with E-state index in [0.29, 0.717) is 11.4 Å². The number of hydrogen-bond acceptors (Lipinski definition) is 5. The maximum atomic E-state index is 12.4. The molecule has 0 fully saturated rings. The van der Waals surface area contributed by atoms with Crippen LogP contribution in [0.1, 0.15) is 21.9 Å². The Labute approximate surface area is 190 Å². The summed E-state index contributed by atoms with van der Waals surface area (Å²) < 4.78 is 7.45. The van der Waals surface area contributed by atoms with Gasteiger partial charge in [-0.15, -0.1) is 0 Å². The van der Waals surface area contributed by atoms with E-state index in [-0.39, 0.29) is 12.3 Å². The number of amides is 2. The molecule has 9 heteroatoms. The summed E-state index contributed by atoms with van der Waals surface area (Å²) in [6.07, 6.45) is 0. The highest BCUT2D eigenvalue weighted by atomic mass is 16.5. The number of ether oxygens (including phenoxy) is 1. The number of aromatic nitrogens is 4. The summed E-state index contributed by atoms with van der Waals surface area (Å²) in [6, 6.07) is 18.8. The second-order valence-corrected chi connectivity index (χ2v) is 7.49. The summed E-state index contributed by atoms with van der Waals surface area (Å²) in [7, 11) is 1.85. The second kappa shape index (κ2) is 9.39. The van der Waals surface area contributed by atoms with Gasteiger partial charge < -0.3 is 4.74 Å². The molecule has 0 unspecified atom stereocenters. The highest BCUT2D eigenvalue weighted by Gasteiger charge is 2.17. The number of nitrogens with zero attached hydrogens (tertiary/aromatic N) is 3.